The molecule has 3 N–H and O–H groups in total. The van der Waals surface area contributed by atoms with Crippen LogP contribution in [0.1, 0.15) is 19.3 Å². The lowest BCUT2D eigenvalue weighted by Crippen LogP contribution is -2.41. The Bertz CT molecular complexity index is 679. The summed E-state index contributed by atoms with van der Waals surface area (Å²) >= 11 is 0. The molecule has 1 spiro atoms. The van der Waals surface area contributed by atoms with Gasteiger partial charge < -0.3 is 20.7 Å². The van der Waals surface area contributed by atoms with Gasteiger partial charge in [0, 0.05) is 30.4 Å². The van der Waals surface area contributed by atoms with Crippen molar-refractivity contribution >= 4 is 23.2 Å². The fourth-order valence-corrected chi connectivity index (χ4v) is 4.22. The molecular weight excluding hydrogens is 344 g/mol. The van der Waals surface area contributed by atoms with Gasteiger partial charge in [0.1, 0.15) is 0 Å². The van der Waals surface area contributed by atoms with E-state index in [4.69, 9.17) is 4.74 Å². The van der Waals surface area contributed by atoms with Crippen LogP contribution in [0.25, 0.3) is 0 Å². The number of amides is 2. The molecule has 3 aliphatic rings. The molecule has 2 aliphatic heterocycles. The summed E-state index contributed by atoms with van der Waals surface area (Å²) in [7, 11) is 0. The van der Waals surface area contributed by atoms with Crippen LogP contribution in [0.2, 0.25) is 0 Å². The van der Waals surface area contributed by atoms with E-state index in [1.165, 1.54) is 0 Å². The summed E-state index contributed by atoms with van der Waals surface area (Å²) in [6, 6.07) is 7.36. The summed E-state index contributed by atoms with van der Waals surface area (Å²) in [6.07, 6.45) is 3.20. The Morgan fingerprint density at radius 1 is 1.07 bits per heavy atom. The highest BCUT2D eigenvalue weighted by molar-refractivity contribution is 5.96. The summed E-state index contributed by atoms with van der Waals surface area (Å²) in [5, 5.41) is 9.30. The lowest BCUT2D eigenvalue weighted by atomic mass is 9.92. The molecule has 1 atom stereocenters. The predicted molar refractivity (Wildman–Crippen MR) is 104 cm³/mol. The number of morpholine rings is 1. The number of carbonyl (C=O) groups is 2. The van der Waals surface area contributed by atoms with E-state index >= 15 is 0 Å². The van der Waals surface area contributed by atoms with Crippen molar-refractivity contribution in [1.29, 1.82) is 0 Å². The minimum atomic E-state index is -0.0282. The van der Waals surface area contributed by atoms with Gasteiger partial charge in [-0.25, -0.2) is 0 Å². The topological polar surface area (TPSA) is 82.7 Å². The predicted octanol–water partition coefficient (Wildman–Crippen LogP) is 1.29. The number of benzene rings is 1. The fourth-order valence-electron chi connectivity index (χ4n) is 4.22. The number of hydrogen-bond donors (Lipinski definition) is 3. The van der Waals surface area contributed by atoms with Crippen molar-refractivity contribution in [2.24, 2.45) is 11.3 Å². The number of carbonyl (C=O) groups excluding carboxylic acids is 2. The van der Waals surface area contributed by atoms with Crippen LogP contribution in [-0.2, 0) is 14.3 Å². The Labute approximate surface area is 159 Å². The molecule has 7 heteroatoms. The Kier molecular flexibility index (Phi) is 5.43. The monoisotopic (exact) mass is 372 g/mol. The van der Waals surface area contributed by atoms with Crippen LogP contribution < -0.4 is 16.0 Å². The highest BCUT2D eigenvalue weighted by Crippen LogP contribution is 2.58. The van der Waals surface area contributed by atoms with Crippen LogP contribution in [0.5, 0.6) is 0 Å². The zero-order valence-corrected chi connectivity index (χ0v) is 15.6. The molecule has 1 aliphatic carbocycles. The van der Waals surface area contributed by atoms with Crippen molar-refractivity contribution in [3.63, 3.8) is 0 Å². The van der Waals surface area contributed by atoms with Crippen LogP contribution >= 0.6 is 0 Å². The quantitative estimate of drug-likeness (QED) is 0.725. The van der Waals surface area contributed by atoms with Gasteiger partial charge in [0.25, 0.3) is 0 Å². The zero-order valence-electron chi connectivity index (χ0n) is 15.6. The molecule has 1 unspecified atom stereocenters. The minimum Gasteiger partial charge on any atom is -0.379 e. The normalized spacial score (nSPS) is 24.4. The first kappa shape index (κ1) is 18.4. The lowest BCUT2D eigenvalue weighted by molar-refractivity contribution is -0.119. The molecule has 7 nitrogen and oxygen atoms in total. The van der Waals surface area contributed by atoms with Gasteiger partial charge in [-0.2, -0.15) is 0 Å². The van der Waals surface area contributed by atoms with Crippen LogP contribution in [0.3, 0.4) is 0 Å². The van der Waals surface area contributed by atoms with Crippen molar-refractivity contribution in [3.05, 3.63) is 24.3 Å². The first-order valence-corrected chi connectivity index (χ1v) is 9.86. The number of ether oxygens (including phenoxy) is 1. The molecule has 0 radical (unpaired) electrons. The largest absolute Gasteiger partial charge is 0.379 e. The van der Waals surface area contributed by atoms with Crippen LogP contribution in [0.15, 0.2) is 24.3 Å². The minimum absolute atomic E-state index is 0.0282. The standard InChI is InChI=1S/C20H28N4O3/c25-18(14-24-9-11-27-12-10-24)22-15-1-3-16(4-2-15)23-19(26)17-13-20(17)5-7-21-8-6-20/h1-4,17,21H,5-14H2,(H,22,25)(H,23,26). The van der Waals surface area contributed by atoms with Crippen molar-refractivity contribution in [1.82, 2.24) is 10.2 Å². The second-order valence-corrected chi connectivity index (χ2v) is 7.87. The van der Waals surface area contributed by atoms with Crippen LogP contribution in [0.4, 0.5) is 11.4 Å². The van der Waals surface area contributed by atoms with E-state index in [0.29, 0.717) is 19.8 Å². The van der Waals surface area contributed by atoms with E-state index in [1.54, 1.807) is 0 Å². The third-order valence-corrected chi connectivity index (χ3v) is 6.01. The number of nitrogens with zero attached hydrogens (tertiary/aromatic N) is 1. The maximum absolute atomic E-state index is 12.5. The van der Waals surface area contributed by atoms with Crippen molar-refractivity contribution in [2.75, 3.05) is 56.6 Å². The summed E-state index contributed by atoms with van der Waals surface area (Å²) in [4.78, 5) is 26.7. The van der Waals surface area contributed by atoms with Gasteiger partial charge in [0.15, 0.2) is 0 Å². The van der Waals surface area contributed by atoms with E-state index in [9.17, 15) is 9.59 Å². The highest BCUT2D eigenvalue weighted by Gasteiger charge is 2.57. The Balaban J connectivity index is 1.25. The summed E-state index contributed by atoms with van der Waals surface area (Å²) in [5.41, 5.74) is 1.76. The number of piperidine rings is 1. The number of nitrogens with one attached hydrogen (secondary N) is 3. The molecule has 27 heavy (non-hydrogen) atoms. The molecule has 1 saturated carbocycles. The molecule has 2 saturated heterocycles. The third-order valence-electron chi connectivity index (χ3n) is 6.01. The van der Waals surface area contributed by atoms with Crippen LogP contribution in [0, 0.1) is 11.3 Å². The Hall–Kier alpha value is -1.96. The Morgan fingerprint density at radius 2 is 1.70 bits per heavy atom. The van der Waals surface area contributed by atoms with Gasteiger partial charge >= 0.3 is 0 Å². The maximum atomic E-state index is 12.5. The molecular formula is C20H28N4O3. The number of hydrogen-bond acceptors (Lipinski definition) is 5. The molecule has 1 aromatic carbocycles. The van der Waals surface area contributed by atoms with E-state index in [2.05, 4.69) is 20.9 Å². The van der Waals surface area contributed by atoms with Gasteiger partial charge in [0.2, 0.25) is 11.8 Å². The van der Waals surface area contributed by atoms with E-state index in [1.807, 2.05) is 24.3 Å². The molecule has 1 aromatic rings. The molecule has 2 heterocycles. The average molecular weight is 372 g/mol. The second kappa shape index (κ2) is 7.96. The lowest BCUT2D eigenvalue weighted by Gasteiger charge is -2.25. The summed E-state index contributed by atoms with van der Waals surface area (Å²) in [6.45, 7) is 5.35. The SMILES string of the molecule is O=C(CN1CCOCC1)Nc1ccc(NC(=O)C2CC23CCNCC3)cc1. The van der Waals surface area contributed by atoms with Crippen molar-refractivity contribution < 1.29 is 14.3 Å². The van der Waals surface area contributed by atoms with Crippen molar-refractivity contribution in [3.8, 4) is 0 Å². The van der Waals surface area contributed by atoms with Crippen molar-refractivity contribution in [2.45, 2.75) is 19.3 Å². The first-order chi connectivity index (χ1) is 13.1. The zero-order chi connectivity index (χ0) is 18.7. The van der Waals surface area contributed by atoms with Gasteiger partial charge in [-0.1, -0.05) is 0 Å². The van der Waals surface area contributed by atoms with E-state index in [0.717, 1.165) is 56.8 Å². The summed E-state index contributed by atoms with van der Waals surface area (Å²) in [5.74, 6) is 0.244. The second-order valence-electron chi connectivity index (χ2n) is 7.87. The molecule has 3 fully saturated rings. The Morgan fingerprint density at radius 3 is 2.37 bits per heavy atom. The van der Waals surface area contributed by atoms with Gasteiger partial charge in [-0.05, 0) is 62.0 Å². The van der Waals surface area contributed by atoms with Crippen LogP contribution in [-0.4, -0.2) is 62.7 Å². The average Bonchev–Trinajstić information content (AvgIpc) is 3.37. The molecule has 0 bridgehead atoms. The molecule has 0 aromatic heterocycles. The number of anilines is 2. The molecule has 2 amide bonds. The van der Waals surface area contributed by atoms with Gasteiger partial charge in [-0.15, -0.1) is 0 Å². The highest BCUT2D eigenvalue weighted by atomic mass is 16.5. The van der Waals surface area contributed by atoms with E-state index in [-0.39, 0.29) is 23.1 Å². The fraction of sp³-hybridized carbons (Fsp3) is 0.600. The summed E-state index contributed by atoms with van der Waals surface area (Å²) < 4.78 is 5.29. The van der Waals surface area contributed by atoms with Gasteiger partial charge in [0.05, 0.1) is 19.8 Å². The van der Waals surface area contributed by atoms with Gasteiger partial charge in [-0.3, -0.25) is 14.5 Å². The smallest absolute Gasteiger partial charge is 0.238 e. The number of rotatable bonds is 5. The molecule has 4 rings (SSSR count). The maximum Gasteiger partial charge on any atom is 0.238 e. The molecule has 146 valence electrons. The third kappa shape index (κ3) is 4.48. The first-order valence-electron chi connectivity index (χ1n) is 9.86. The van der Waals surface area contributed by atoms with E-state index < -0.39 is 0 Å².